The van der Waals surface area contributed by atoms with Crippen molar-refractivity contribution in [1.82, 2.24) is 5.59 Å². The Morgan fingerprint density at radius 1 is 1.54 bits per heavy atom. The van der Waals surface area contributed by atoms with Crippen LogP contribution in [0, 0.1) is 0 Å². The normalized spacial score (nSPS) is 17.6. The zero-order valence-corrected chi connectivity index (χ0v) is 8.44. The Kier molecular flexibility index (Phi) is 5.19. The number of carbonyl (C=O) groups excluding carboxylic acids is 1. The first-order valence-corrected chi connectivity index (χ1v) is 5.64. The molecule has 1 fully saturated rings. The molecule has 0 unspecified atom stereocenters. The molecule has 0 amide bonds. The van der Waals surface area contributed by atoms with Crippen LogP contribution in [0.25, 0.3) is 0 Å². The average molecular weight is 204 g/mol. The minimum absolute atomic E-state index is 0.284. The van der Waals surface area contributed by atoms with Crippen molar-refractivity contribution in [2.24, 2.45) is 5.84 Å². The summed E-state index contributed by atoms with van der Waals surface area (Å²) in [5.74, 6) is 5.38. The molecule has 0 spiro atoms. The van der Waals surface area contributed by atoms with E-state index in [0.29, 0.717) is 6.42 Å². The van der Waals surface area contributed by atoms with Gasteiger partial charge in [-0.25, -0.2) is 5.84 Å². The van der Waals surface area contributed by atoms with Crippen LogP contribution in [0.4, 0.5) is 0 Å². The van der Waals surface area contributed by atoms with Crippen LogP contribution < -0.4 is 11.4 Å². The van der Waals surface area contributed by atoms with E-state index < -0.39 is 0 Å². The van der Waals surface area contributed by atoms with Crippen LogP contribution in [0.5, 0.6) is 0 Å². The summed E-state index contributed by atoms with van der Waals surface area (Å²) < 4.78 is 0. The lowest BCUT2D eigenvalue weighted by Gasteiger charge is -2.07. The second kappa shape index (κ2) is 6.23. The van der Waals surface area contributed by atoms with E-state index in [-0.39, 0.29) is 5.97 Å². The van der Waals surface area contributed by atoms with Gasteiger partial charge >= 0.3 is 5.97 Å². The van der Waals surface area contributed by atoms with Crippen LogP contribution in [0.15, 0.2) is 0 Å². The van der Waals surface area contributed by atoms with Crippen molar-refractivity contribution in [2.75, 3.05) is 5.75 Å². The molecule has 0 saturated heterocycles. The van der Waals surface area contributed by atoms with E-state index in [2.05, 4.69) is 4.84 Å². The molecule has 1 aliphatic carbocycles. The van der Waals surface area contributed by atoms with Gasteiger partial charge < -0.3 is 4.84 Å². The van der Waals surface area contributed by atoms with Crippen molar-refractivity contribution in [3.8, 4) is 0 Å². The summed E-state index contributed by atoms with van der Waals surface area (Å²) in [7, 11) is 0. The van der Waals surface area contributed by atoms with Gasteiger partial charge in [-0.15, -0.1) is 0 Å². The Labute approximate surface area is 82.5 Å². The molecule has 0 aromatic heterocycles. The van der Waals surface area contributed by atoms with Gasteiger partial charge in [0.2, 0.25) is 0 Å². The molecule has 0 atom stereocenters. The fourth-order valence-electron chi connectivity index (χ4n) is 1.48. The highest BCUT2D eigenvalue weighted by molar-refractivity contribution is 7.99. The summed E-state index contributed by atoms with van der Waals surface area (Å²) in [4.78, 5) is 15.2. The van der Waals surface area contributed by atoms with Crippen molar-refractivity contribution in [3.63, 3.8) is 0 Å². The third-order valence-electron chi connectivity index (χ3n) is 2.13. The Morgan fingerprint density at radius 2 is 2.23 bits per heavy atom. The SMILES string of the molecule is NNOC(=O)CCSC1CCCC1. The van der Waals surface area contributed by atoms with E-state index in [1.54, 1.807) is 0 Å². The lowest BCUT2D eigenvalue weighted by molar-refractivity contribution is -0.150. The largest absolute Gasteiger partial charge is 0.356 e. The van der Waals surface area contributed by atoms with E-state index in [1.807, 2.05) is 17.4 Å². The Balaban J connectivity index is 1.96. The van der Waals surface area contributed by atoms with Crippen LogP contribution in [-0.4, -0.2) is 17.0 Å². The van der Waals surface area contributed by atoms with Crippen molar-refractivity contribution in [1.29, 1.82) is 0 Å². The molecule has 0 heterocycles. The van der Waals surface area contributed by atoms with Crippen molar-refractivity contribution in [3.05, 3.63) is 0 Å². The average Bonchev–Trinajstić information content (AvgIpc) is 2.57. The van der Waals surface area contributed by atoms with E-state index in [9.17, 15) is 4.79 Å². The minimum Gasteiger partial charge on any atom is -0.356 e. The zero-order valence-electron chi connectivity index (χ0n) is 7.62. The number of thioether (sulfide) groups is 1. The van der Waals surface area contributed by atoms with Gasteiger partial charge in [-0.05, 0) is 12.8 Å². The minimum atomic E-state index is -0.284. The van der Waals surface area contributed by atoms with E-state index >= 15 is 0 Å². The Bertz CT molecular complexity index is 160. The molecule has 13 heavy (non-hydrogen) atoms. The second-order valence-electron chi connectivity index (χ2n) is 3.12. The fraction of sp³-hybridized carbons (Fsp3) is 0.875. The summed E-state index contributed by atoms with van der Waals surface area (Å²) >= 11 is 1.87. The Hall–Kier alpha value is -0.260. The van der Waals surface area contributed by atoms with Crippen LogP contribution in [0.2, 0.25) is 0 Å². The number of nitrogens with one attached hydrogen (secondary N) is 1. The van der Waals surface area contributed by atoms with Crippen LogP contribution in [-0.2, 0) is 9.63 Å². The summed E-state index contributed by atoms with van der Waals surface area (Å²) in [6.07, 6.45) is 5.72. The highest BCUT2D eigenvalue weighted by Crippen LogP contribution is 2.29. The van der Waals surface area contributed by atoms with Crippen LogP contribution in [0.3, 0.4) is 0 Å². The standard InChI is InChI=1S/C8H16N2O2S/c9-10-12-8(11)5-6-13-7-3-1-2-4-7/h7,10H,1-6,9H2. The van der Waals surface area contributed by atoms with E-state index in [0.717, 1.165) is 11.0 Å². The van der Waals surface area contributed by atoms with Crippen LogP contribution in [0.1, 0.15) is 32.1 Å². The van der Waals surface area contributed by atoms with Gasteiger partial charge in [-0.3, -0.25) is 4.79 Å². The predicted octanol–water partition coefficient (Wildman–Crippen LogP) is 0.974. The maximum atomic E-state index is 10.8. The lowest BCUT2D eigenvalue weighted by Crippen LogP contribution is -2.26. The van der Waals surface area contributed by atoms with Gasteiger partial charge in [-0.1, -0.05) is 18.4 Å². The molecule has 3 N–H and O–H groups in total. The fourth-order valence-corrected chi connectivity index (χ4v) is 2.77. The van der Waals surface area contributed by atoms with Crippen LogP contribution >= 0.6 is 11.8 Å². The monoisotopic (exact) mass is 204 g/mol. The number of nitrogens with two attached hydrogens (primary N) is 1. The first-order chi connectivity index (χ1) is 6.33. The van der Waals surface area contributed by atoms with E-state index in [1.165, 1.54) is 25.7 Å². The molecular weight excluding hydrogens is 188 g/mol. The number of rotatable bonds is 5. The Morgan fingerprint density at radius 3 is 2.85 bits per heavy atom. The molecule has 1 aliphatic rings. The van der Waals surface area contributed by atoms with Gasteiger partial charge in [-0.2, -0.15) is 11.8 Å². The summed E-state index contributed by atoms with van der Waals surface area (Å²) in [5, 5.41) is 0.763. The number of hydrazine groups is 1. The molecule has 0 aromatic rings. The smallest absolute Gasteiger partial charge is 0.327 e. The molecule has 4 nitrogen and oxygen atoms in total. The van der Waals surface area contributed by atoms with Gasteiger partial charge in [0.15, 0.2) is 0 Å². The first kappa shape index (κ1) is 10.8. The van der Waals surface area contributed by atoms with Crippen molar-refractivity contribution < 1.29 is 9.63 Å². The van der Waals surface area contributed by atoms with E-state index in [4.69, 9.17) is 5.84 Å². The predicted molar refractivity (Wildman–Crippen MR) is 52.7 cm³/mol. The maximum absolute atomic E-state index is 10.8. The second-order valence-corrected chi connectivity index (χ2v) is 4.53. The van der Waals surface area contributed by atoms with Crippen molar-refractivity contribution >= 4 is 17.7 Å². The zero-order chi connectivity index (χ0) is 9.52. The molecule has 1 saturated carbocycles. The highest BCUT2D eigenvalue weighted by Gasteiger charge is 2.15. The van der Waals surface area contributed by atoms with Crippen molar-refractivity contribution in [2.45, 2.75) is 37.4 Å². The molecular formula is C8H16N2O2S. The molecule has 5 heteroatoms. The third-order valence-corrected chi connectivity index (χ3v) is 3.52. The lowest BCUT2D eigenvalue weighted by atomic mass is 10.4. The summed E-state index contributed by atoms with van der Waals surface area (Å²) in [5.41, 5.74) is 1.89. The number of hydrogen-bond donors (Lipinski definition) is 2. The third kappa shape index (κ3) is 4.50. The molecule has 0 bridgehead atoms. The maximum Gasteiger partial charge on any atom is 0.327 e. The van der Waals surface area contributed by atoms with Gasteiger partial charge in [0.1, 0.15) is 0 Å². The first-order valence-electron chi connectivity index (χ1n) is 4.60. The molecule has 0 aliphatic heterocycles. The van der Waals surface area contributed by atoms with Gasteiger partial charge in [0.25, 0.3) is 0 Å². The van der Waals surface area contributed by atoms with Gasteiger partial charge in [0, 0.05) is 11.0 Å². The number of carbonyl (C=O) groups is 1. The summed E-state index contributed by atoms with van der Waals surface area (Å²) in [6.45, 7) is 0. The quantitative estimate of drug-likeness (QED) is 0.516. The number of hydrogen-bond acceptors (Lipinski definition) is 5. The van der Waals surface area contributed by atoms with Gasteiger partial charge in [0.05, 0.1) is 6.42 Å². The molecule has 0 radical (unpaired) electrons. The molecule has 76 valence electrons. The summed E-state index contributed by atoms with van der Waals surface area (Å²) in [6, 6.07) is 0. The molecule has 1 rings (SSSR count). The molecule has 0 aromatic carbocycles. The topological polar surface area (TPSA) is 64.3 Å². The highest BCUT2D eigenvalue weighted by atomic mass is 32.2.